The van der Waals surface area contributed by atoms with Gasteiger partial charge in [-0.1, -0.05) is 60.7 Å². The summed E-state index contributed by atoms with van der Waals surface area (Å²) in [4.78, 5) is 23.4. The topological polar surface area (TPSA) is 108 Å². The predicted molar refractivity (Wildman–Crippen MR) is 134 cm³/mol. The molecule has 7 heteroatoms. The van der Waals surface area contributed by atoms with Crippen molar-refractivity contribution >= 4 is 23.3 Å². The van der Waals surface area contributed by atoms with E-state index in [1.807, 2.05) is 12.1 Å². The van der Waals surface area contributed by atoms with Gasteiger partial charge in [-0.05, 0) is 59.7 Å². The summed E-state index contributed by atoms with van der Waals surface area (Å²) in [6, 6.07) is 30.2. The fraction of sp³-hybridized carbons (Fsp3) is 0.0714. The molecule has 0 bridgehead atoms. The fourth-order valence-corrected chi connectivity index (χ4v) is 3.57. The first-order valence-corrected chi connectivity index (χ1v) is 11.0. The molecule has 0 saturated carbocycles. The highest BCUT2D eigenvalue weighted by molar-refractivity contribution is 5.80. The van der Waals surface area contributed by atoms with Crippen molar-refractivity contribution in [2.75, 3.05) is 10.6 Å². The standard InChI is InChI=1S/C28H24N2O5/c31-27(32)25(19-7-3-1-4-8-19)29-21-11-15-23(16-12-21)35-24-17-13-22(14-18-24)30-26(28(33)34)20-9-5-2-6-10-20/h1-18,25-26,29-30H,(H,31,32)(H,33,34)/t25-,26+. The van der Waals surface area contributed by atoms with E-state index in [9.17, 15) is 19.8 Å². The molecule has 2 atom stereocenters. The molecule has 4 aromatic carbocycles. The Kier molecular flexibility index (Phi) is 7.28. The smallest absolute Gasteiger partial charge is 0.330 e. The van der Waals surface area contributed by atoms with Crippen LogP contribution < -0.4 is 15.4 Å². The molecular weight excluding hydrogens is 444 g/mol. The van der Waals surface area contributed by atoms with Gasteiger partial charge in [-0.25, -0.2) is 9.59 Å². The first kappa shape index (κ1) is 23.4. The van der Waals surface area contributed by atoms with Crippen LogP contribution in [0, 0.1) is 0 Å². The fourth-order valence-electron chi connectivity index (χ4n) is 3.57. The maximum Gasteiger partial charge on any atom is 0.330 e. The van der Waals surface area contributed by atoms with E-state index in [-0.39, 0.29) is 0 Å². The van der Waals surface area contributed by atoms with Gasteiger partial charge in [0.15, 0.2) is 12.1 Å². The quantitative estimate of drug-likeness (QED) is 0.228. The minimum absolute atomic E-state index is 0.579. The minimum atomic E-state index is -0.970. The Labute approximate surface area is 202 Å². The summed E-state index contributed by atoms with van der Waals surface area (Å²) in [6.45, 7) is 0. The van der Waals surface area contributed by atoms with E-state index in [4.69, 9.17) is 4.74 Å². The largest absolute Gasteiger partial charge is 0.479 e. The first-order chi connectivity index (χ1) is 17.0. The zero-order valence-corrected chi connectivity index (χ0v) is 18.7. The number of carboxylic acids is 2. The van der Waals surface area contributed by atoms with Gasteiger partial charge >= 0.3 is 11.9 Å². The lowest BCUT2D eigenvalue weighted by molar-refractivity contribution is -0.139. The molecule has 0 aromatic heterocycles. The highest BCUT2D eigenvalue weighted by Crippen LogP contribution is 2.27. The van der Waals surface area contributed by atoms with Crippen LogP contribution in [0.2, 0.25) is 0 Å². The molecule has 0 aliphatic carbocycles. The Morgan fingerprint density at radius 3 is 1.20 bits per heavy atom. The van der Waals surface area contributed by atoms with Gasteiger partial charge in [-0.15, -0.1) is 0 Å². The number of benzene rings is 4. The van der Waals surface area contributed by atoms with E-state index in [0.29, 0.717) is 34.0 Å². The maximum atomic E-state index is 11.7. The number of carboxylic acid groups (broad SMARTS) is 2. The summed E-state index contributed by atoms with van der Waals surface area (Å²) in [5.41, 5.74) is 2.61. The SMILES string of the molecule is O=C(O)[C@@H](Nc1ccc(Oc2ccc(N[C@@H](C(=O)O)c3ccccc3)cc2)cc1)c1ccccc1. The molecule has 4 aromatic rings. The Hall–Kier alpha value is -4.78. The Morgan fingerprint density at radius 1 is 0.543 bits per heavy atom. The number of hydrogen-bond donors (Lipinski definition) is 4. The van der Waals surface area contributed by atoms with Gasteiger partial charge in [0.25, 0.3) is 0 Å². The number of carbonyl (C=O) groups is 2. The van der Waals surface area contributed by atoms with Crippen LogP contribution in [0.5, 0.6) is 11.5 Å². The van der Waals surface area contributed by atoms with E-state index in [2.05, 4.69) is 10.6 Å². The van der Waals surface area contributed by atoms with E-state index in [1.54, 1.807) is 97.1 Å². The molecule has 0 aliphatic rings. The lowest BCUT2D eigenvalue weighted by Crippen LogP contribution is -2.20. The van der Waals surface area contributed by atoms with Gasteiger partial charge in [-0.3, -0.25) is 0 Å². The van der Waals surface area contributed by atoms with Crippen LogP contribution >= 0.6 is 0 Å². The molecule has 0 aliphatic heterocycles. The van der Waals surface area contributed by atoms with Crippen molar-refractivity contribution in [1.29, 1.82) is 0 Å². The zero-order chi connectivity index (χ0) is 24.6. The summed E-state index contributed by atoms with van der Waals surface area (Å²) in [5.74, 6) is -0.781. The summed E-state index contributed by atoms with van der Waals surface area (Å²) in [7, 11) is 0. The Balaban J connectivity index is 1.39. The summed E-state index contributed by atoms with van der Waals surface area (Å²) in [6.07, 6.45) is 0. The Morgan fingerprint density at radius 2 is 0.886 bits per heavy atom. The van der Waals surface area contributed by atoms with E-state index < -0.39 is 24.0 Å². The lowest BCUT2D eigenvalue weighted by Gasteiger charge is -2.17. The molecule has 0 spiro atoms. The molecule has 0 amide bonds. The minimum Gasteiger partial charge on any atom is -0.479 e. The molecule has 35 heavy (non-hydrogen) atoms. The van der Waals surface area contributed by atoms with Gasteiger partial charge in [0.2, 0.25) is 0 Å². The number of rotatable bonds is 10. The molecule has 176 valence electrons. The van der Waals surface area contributed by atoms with Crippen LogP contribution in [0.15, 0.2) is 109 Å². The van der Waals surface area contributed by atoms with Crippen LogP contribution in [0.4, 0.5) is 11.4 Å². The van der Waals surface area contributed by atoms with Crippen LogP contribution in [0.25, 0.3) is 0 Å². The van der Waals surface area contributed by atoms with Gasteiger partial charge < -0.3 is 25.6 Å². The summed E-state index contributed by atoms with van der Waals surface area (Å²) < 4.78 is 5.87. The zero-order valence-electron chi connectivity index (χ0n) is 18.7. The van der Waals surface area contributed by atoms with Crippen LogP contribution in [0.1, 0.15) is 23.2 Å². The van der Waals surface area contributed by atoms with Crippen molar-refractivity contribution < 1.29 is 24.5 Å². The molecule has 4 rings (SSSR count). The number of hydrogen-bond acceptors (Lipinski definition) is 5. The summed E-state index contributed by atoms with van der Waals surface area (Å²) >= 11 is 0. The van der Waals surface area contributed by atoms with E-state index in [0.717, 1.165) is 0 Å². The molecule has 4 N–H and O–H groups in total. The van der Waals surface area contributed by atoms with Gasteiger partial charge in [0.05, 0.1) is 0 Å². The average Bonchev–Trinajstić information content (AvgIpc) is 2.88. The first-order valence-electron chi connectivity index (χ1n) is 11.0. The third kappa shape index (κ3) is 6.17. The van der Waals surface area contributed by atoms with Crippen LogP contribution in [-0.2, 0) is 9.59 Å². The van der Waals surface area contributed by atoms with Crippen molar-refractivity contribution in [2.24, 2.45) is 0 Å². The van der Waals surface area contributed by atoms with Crippen molar-refractivity contribution in [3.8, 4) is 11.5 Å². The normalized spacial score (nSPS) is 12.2. The molecule has 0 saturated heterocycles. The van der Waals surface area contributed by atoms with E-state index in [1.165, 1.54) is 0 Å². The van der Waals surface area contributed by atoms with Crippen LogP contribution in [0.3, 0.4) is 0 Å². The van der Waals surface area contributed by atoms with Crippen molar-refractivity contribution in [3.63, 3.8) is 0 Å². The highest BCUT2D eigenvalue weighted by atomic mass is 16.5. The van der Waals surface area contributed by atoms with Crippen molar-refractivity contribution in [3.05, 3.63) is 120 Å². The van der Waals surface area contributed by atoms with Gasteiger partial charge in [0.1, 0.15) is 11.5 Å². The van der Waals surface area contributed by atoms with Crippen molar-refractivity contribution in [1.82, 2.24) is 0 Å². The Bertz CT molecular complexity index is 1160. The monoisotopic (exact) mass is 468 g/mol. The molecular formula is C28H24N2O5. The molecule has 7 nitrogen and oxygen atoms in total. The van der Waals surface area contributed by atoms with Gasteiger partial charge in [0, 0.05) is 11.4 Å². The second-order valence-corrected chi connectivity index (χ2v) is 7.80. The molecule has 0 fully saturated rings. The number of aliphatic carboxylic acids is 2. The third-order valence-electron chi connectivity index (χ3n) is 5.33. The van der Waals surface area contributed by atoms with E-state index >= 15 is 0 Å². The van der Waals surface area contributed by atoms with Crippen molar-refractivity contribution in [2.45, 2.75) is 12.1 Å². The highest BCUT2D eigenvalue weighted by Gasteiger charge is 2.20. The maximum absolute atomic E-state index is 11.7. The predicted octanol–water partition coefficient (Wildman–Crippen LogP) is 5.95. The molecule has 0 unspecified atom stereocenters. The molecule has 0 radical (unpaired) electrons. The number of nitrogens with one attached hydrogen (secondary N) is 2. The van der Waals surface area contributed by atoms with Gasteiger partial charge in [-0.2, -0.15) is 0 Å². The third-order valence-corrected chi connectivity index (χ3v) is 5.33. The number of anilines is 2. The van der Waals surface area contributed by atoms with Crippen LogP contribution in [-0.4, -0.2) is 22.2 Å². The molecule has 0 heterocycles. The second kappa shape index (κ2) is 10.9. The number of ether oxygens (including phenoxy) is 1. The summed E-state index contributed by atoms with van der Waals surface area (Å²) in [5, 5.41) is 25.2. The lowest BCUT2D eigenvalue weighted by atomic mass is 10.1. The average molecular weight is 469 g/mol. The second-order valence-electron chi connectivity index (χ2n) is 7.80.